The van der Waals surface area contributed by atoms with Gasteiger partial charge in [0.2, 0.25) is 0 Å². The summed E-state index contributed by atoms with van der Waals surface area (Å²) in [5, 5.41) is 0. The highest BCUT2D eigenvalue weighted by Crippen LogP contribution is 2.42. The van der Waals surface area contributed by atoms with Gasteiger partial charge in [-0.2, -0.15) is 0 Å². The Morgan fingerprint density at radius 1 is 1.30 bits per heavy atom. The zero-order valence-electron chi connectivity index (χ0n) is 6.24. The van der Waals surface area contributed by atoms with Crippen LogP contribution in [0, 0.1) is 0 Å². The lowest BCUT2D eigenvalue weighted by Crippen LogP contribution is -1.92. The molecule has 0 rings (SSSR count). The van der Waals surface area contributed by atoms with E-state index in [2.05, 4.69) is 11.8 Å². The molecule has 64 valence electrons. The third kappa shape index (κ3) is 6.61. The van der Waals surface area contributed by atoms with Crippen molar-refractivity contribution in [1.29, 1.82) is 0 Å². The van der Waals surface area contributed by atoms with Gasteiger partial charge in [-0.1, -0.05) is 0 Å². The van der Waals surface area contributed by atoms with Crippen LogP contribution in [0.25, 0.3) is 0 Å². The van der Waals surface area contributed by atoms with Gasteiger partial charge < -0.3 is 20.1 Å². The van der Waals surface area contributed by atoms with Crippen LogP contribution in [0.4, 0.5) is 0 Å². The Hall–Kier alpha value is 0.490. The first kappa shape index (κ1) is 13.1. The standard InChI is InChI=1S/C4H11O3PS.H3N/c1-3-6-8(5,9)7-4-2;/h3-4H2,1-2H3,(H,5,9);1H3/i1+1,2+1,3+1,4+1;. The summed E-state index contributed by atoms with van der Waals surface area (Å²) in [7, 11) is 0. The van der Waals surface area contributed by atoms with E-state index in [0.717, 1.165) is 0 Å². The van der Waals surface area contributed by atoms with Crippen molar-refractivity contribution in [3.63, 3.8) is 0 Å². The molecule has 0 fully saturated rings. The van der Waals surface area contributed by atoms with Gasteiger partial charge in [0, 0.05) is 0 Å². The Morgan fingerprint density at radius 2 is 1.60 bits per heavy atom. The van der Waals surface area contributed by atoms with Crippen LogP contribution in [0.1, 0.15) is 13.8 Å². The van der Waals surface area contributed by atoms with E-state index in [1.807, 2.05) is 0 Å². The summed E-state index contributed by atoms with van der Waals surface area (Å²) in [6, 6.07) is 0. The van der Waals surface area contributed by atoms with Gasteiger partial charge in [-0.15, -0.1) is 0 Å². The highest BCUT2D eigenvalue weighted by atomic mass is 32.5. The van der Waals surface area contributed by atoms with Crippen molar-refractivity contribution in [2.75, 3.05) is 13.2 Å². The van der Waals surface area contributed by atoms with Crippen molar-refractivity contribution in [3.8, 4) is 0 Å². The number of rotatable bonds is 4. The van der Waals surface area contributed by atoms with Gasteiger partial charge in [-0.05, 0) is 25.7 Å². The quantitative estimate of drug-likeness (QED) is 0.519. The zero-order chi connectivity index (χ0) is 7.33. The lowest BCUT2D eigenvalue weighted by molar-refractivity contribution is 0.212. The van der Waals surface area contributed by atoms with Gasteiger partial charge in [0.1, 0.15) is 0 Å². The molecule has 0 saturated heterocycles. The Balaban J connectivity index is 0. The third-order valence-corrected chi connectivity index (χ3v) is 2.39. The summed E-state index contributed by atoms with van der Waals surface area (Å²) in [5.74, 6) is 0. The summed E-state index contributed by atoms with van der Waals surface area (Å²) in [5.41, 5.74) is 0. The molecule has 10 heavy (non-hydrogen) atoms. The molecule has 0 bridgehead atoms. The summed E-state index contributed by atoms with van der Waals surface area (Å²) in [6.45, 7) is 1.45. The Labute approximate surface area is 66.4 Å². The first-order chi connectivity index (χ1) is 4.12. The Morgan fingerprint density at radius 3 is 1.80 bits per heavy atom. The largest absolute Gasteiger partial charge is 0.344 e. The molecule has 0 aliphatic carbocycles. The van der Waals surface area contributed by atoms with Crippen LogP contribution in [0.3, 0.4) is 0 Å². The minimum Gasteiger partial charge on any atom is -0.344 e. The van der Waals surface area contributed by atoms with E-state index in [4.69, 9.17) is 13.9 Å². The maximum absolute atomic E-state index is 9.00. The maximum Gasteiger partial charge on any atom is 0.324 e. The topological polar surface area (TPSA) is 73.7 Å². The van der Waals surface area contributed by atoms with Gasteiger partial charge >= 0.3 is 6.72 Å². The van der Waals surface area contributed by atoms with Gasteiger partial charge in [0.25, 0.3) is 0 Å². The SMILES string of the molecule is N.[13CH3][13CH2]OP(O)(=S)O[13CH2][13CH3]. The molecule has 0 spiro atoms. The molecule has 0 radical (unpaired) electrons. The smallest absolute Gasteiger partial charge is 0.324 e. The van der Waals surface area contributed by atoms with Crippen molar-refractivity contribution in [2.24, 2.45) is 0 Å². The summed E-state index contributed by atoms with van der Waals surface area (Å²) in [6.07, 6.45) is 0. The predicted octanol–water partition coefficient (Wildman–Crippen LogP) is 1.44. The molecule has 0 amide bonds. The van der Waals surface area contributed by atoms with Crippen molar-refractivity contribution < 1.29 is 13.9 Å². The zero-order valence-corrected chi connectivity index (χ0v) is 7.95. The van der Waals surface area contributed by atoms with Crippen LogP contribution in [0.5, 0.6) is 0 Å². The fourth-order valence-electron chi connectivity index (χ4n) is 0.364. The minimum absolute atomic E-state index is 0. The molecule has 0 aliphatic rings. The third-order valence-electron chi connectivity index (χ3n) is 0.584. The molecule has 4 N–H and O–H groups in total. The first-order valence-corrected chi connectivity index (χ1v) is 5.33. The maximum atomic E-state index is 9.00. The lowest BCUT2D eigenvalue weighted by Gasteiger charge is -2.12. The van der Waals surface area contributed by atoms with Crippen LogP contribution in [-0.2, 0) is 20.9 Å². The molecule has 0 aromatic carbocycles. The fraction of sp³-hybridized carbons (Fsp3) is 1.00. The second-order valence-electron chi connectivity index (χ2n) is 1.30. The molecule has 0 atom stereocenters. The molecule has 0 aliphatic heterocycles. The van der Waals surface area contributed by atoms with E-state index in [1.165, 1.54) is 0 Å². The summed E-state index contributed by atoms with van der Waals surface area (Å²) in [4.78, 5) is 9.00. The van der Waals surface area contributed by atoms with Gasteiger partial charge in [0.05, 0.1) is 13.2 Å². The first-order valence-electron chi connectivity index (χ1n) is 2.74. The van der Waals surface area contributed by atoms with E-state index < -0.39 is 6.72 Å². The summed E-state index contributed by atoms with van der Waals surface area (Å²) >= 11 is 4.56. The molecule has 0 heterocycles. The lowest BCUT2D eigenvalue weighted by atomic mass is 11.9. The van der Waals surface area contributed by atoms with E-state index in [-0.39, 0.29) is 6.15 Å². The molecule has 4 nitrogen and oxygen atoms in total. The van der Waals surface area contributed by atoms with Crippen LogP contribution < -0.4 is 6.15 Å². The number of hydrogen-bond donors (Lipinski definition) is 2. The van der Waals surface area contributed by atoms with Crippen molar-refractivity contribution in [3.05, 3.63) is 0 Å². The molecule has 6 heteroatoms. The monoisotopic (exact) mass is 191 g/mol. The van der Waals surface area contributed by atoms with Crippen LogP contribution in [0.2, 0.25) is 0 Å². The van der Waals surface area contributed by atoms with E-state index in [1.54, 1.807) is 13.8 Å². The molecule has 0 saturated carbocycles. The van der Waals surface area contributed by atoms with E-state index in [0.29, 0.717) is 13.2 Å². The number of hydrogen-bond acceptors (Lipinski definition) is 4. The van der Waals surface area contributed by atoms with Crippen molar-refractivity contribution in [1.82, 2.24) is 6.15 Å². The van der Waals surface area contributed by atoms with E-state index in [9.17, 15) is 0 Å². The molecular weight excluding hydrogens is 177 g/mol. The molecule has 0 aromatic rings. The van der Waals surface area contributed by atoms with Crippen LogP contribution in [0.15, 0.2) is 0 Å². The normalized spacial score (nSPS) is 10.7. The summed E-state index contributed by atoms with van der Waals surface area (Å²) < 4.78 is 9.46. The minimum atomic E-state index is -2.86. The Bertz CT molecular complexity index is 111. The van der Waals surface area contributed by atoms with Gasteiger partial charge in [0.15, 0.2) is 0 Å². The molecular formula is C4H14NO3PS. The van der Waals surface area contributed by atoms with Gasteiger partial charge in [-0.25, -0.2) is 0 Å². The second kappa shape index (κ2) is 6.22. The van der Waals surface area contributed by atoms with Gasteiger partial charge in [-0.3, -0.25) is 0 Å². The van der Waals surface area contributed by atoms with Crippen LogP contribution >= 0.6 is 6.72 Å². The predicted molar refractivity (Wildman–Crippen MR) is 44.8 cm³/mol. The fourth-order valence-corrected chi connectivity index (χ4v) is 1.72. The second-order valence-corrected chi connectivity index (χ2v) is 4.14. The average molecular weight is 191 g/mol. The molecule has 0 aromatic heterocycles. The van der Waals surface area contributed by atoms with E-state index >= 15 is 0 Å². The van der Waals surface area contributed by atoms with Crippen molar-refractivity contribution >= 4 is 18.5 Å². The molecule has 0 unspecified atom stereocenters. The van der Waals surface area contributed by atoms with Crippen molar-refractivity contribution in [2.45, 2.75) is 13.8 Å². The van der Waals surface area contributed by atoms with Crippen LogP contribution in [-0.4, -0.2) is 18.1 Å². The highest BCUT2D eigenvalue weighted by molar-refractivity contribution is 8.07. The Kier molecular flexibility index (Phi) is 8.15. The highest BCUT2D eigenvalue weighted by Gasteiger charge is 2.10. The average Bonchev–Trinajstić information content (AvgIpc) is 1.64.